The fraction of sp³-hybridized carbons (Fsp3) is 0.600. The van der Waals surface area contributed by atoms with Crippen LogP contribution in [-0.4, -0.2) is 24.0 Å². The highest BCUT2D eigenvalue weighted by molar-refractivity contribution is 5.24. The van der Waals surface area contributed by atoms with Gasteiger partial charge in [-0.25, -0.2) is 8.78 Å². The third-order valence-electron chi connectivity index (χ3n) is 3.79. The zero-order chi connectivity index (χ0) is 14.0. The lowest BCUT2D eigenvalue weighted by molar-refractivity contribution is 0.144. The summed E-state index contributed by atoms with van der Waals surface area (Å²) < 4.78 is 27.9. The van der Waals surface area contributed by atoms with Crippen LogP contribution in [0.5, 0.6) is 0 Å². The van der Waals surface area contributed by atoms with E-state index >= 15 is 0 Å². The van der Waals surface area contributed by atoms with Crippen LogP contribution in [0.25, 0.3) is 0 Å². The monoisotopic (exact) mass is 268 g/mol. The van der Waals surface area contributed by atoms with Crippen LogP contribution in [0.1, 0.15) is 38.3 Å². The fourth-order valence-electron chi connectivity index (χ4n) is 2.54. The van der Waals surface area contributed by atoms with Crippen molar-refractivity contribution in [1.29, 1.82) is 0 Å². The Kier molecular flexibility index (Phi) is 4.53. The van der Waals surface area contributed by atoms with E-state index in [0.29, 0.717) is 5.92 Å². The van der Waals surface area contributed by atoms with Gasteiger partial charge in [0.2, 0.25) is 0 Å². The first-order chi connectivity index (χ1) is 9.04. The zero-order valence-corrected chi connectivity index (χ0v) is 11.6. The first-order valence-electron chi connectivity index (χ1n) is 6.94. The average molecular weight is 268 g/mol. The molecule has 1 aromatic carbocycles. The fourth-order valence-corrected chi connectivity index (χ4v) is 2.54. The molecule has 1 saturated carbocycles. The van der Waals surface area contributed by atoms with Crippen molar-refractivity contribution in [2.45, 2.75) is 38.8 Å². The molecule has 2 N–H and O–H groups in total. The standard InChI is InChI=1S/C15H22F2N2/c1-10(2)19(9-11-6-7-11)14(8-18)15-12(16)4-3-5-13(15)17/h3-5,10-11,14H,6-9,18H2,1-2H3. The summed E-state index contributed by atoms with van der Waals surface area (Å²) in [5, 5.41) is 0. The summed E-state index contributed by atoms with van der Waals surface area (Å²) >= 11 is 0. The van der Waals surface area contributed by atoms with E-state index in [1.54, 1.807) is 0 Å². The van der Waals surface area contributed by atoms with Crippen LogP contribution in [0.15, 0.2) is 18.2 Å². The molecule has 2 rings (SSSR count). The normalized spacial score (nSPS) is 17.2. The predicted octanol–water partition coefficient (Wildman–Crippen LogP) is 3.09. The van der Waals surface area contributed by atoms with Crippen molar-refractivity contribution in [3.8, 4) is 0 Å². The molecule has 1 aliphatic rings. The van der Waals surface area contributed by atoms with Crippen LogP contribution in [0, 0.1) is 17.6 Å². The average Bonchev–Trinajstić information content (AvgIpc) is 3.15. The molecule has 106 valence electrons. The summed E-state index contributed by atoms with van der Waals surface area (Å²) in [7, 11) is 0. The SMILES string of the molecule is CC(C)N(CC1CC1)C(CN)c1c(F)cccc1F. The number of hydrogen-bond donors (Lipinski definition) is 1. The molecule has 1 unspecified atom stereocenters. The van der Waals surface area contributed by atoms with Gasteiger partial charge in [0.1, 0.15) is 11.6 Å². The topological polar surface area (TPSA) is 29.3 Å². The van der Waals surface area contributed by atoms with Crippen LogP contribution in [0.2, 0.25) is 0 Å². The van der Waals surface area contributed by atoms with Crippen LogP contribution < -0.4 is 5.73 Å². The Balaban J connectivity index is 2.30. The minimum Gasteiger partial charge on any atom is -0.329 e. The highest BCUT2D eigenvalue weighted by atomic mass is 19.1. The Morgan fingerprint density at radius 2 is 1.84 bits per heavy atom. The minimum atomic E-state index is -0.503. The van der Waals surface area contributed by atoms with E-state index in [-0.39, 0.29) is 24.2 Å². The number of rotatable bonds is 6. The maximum Gasteiger partial charge on any atom is 0.130 e. The molecule has 1 aromatic rings. The number of halogens is 2. The van der Waals surface area contributed by atoms with E-state index in [1.165, 1.54) is 31.0 Å². The summed E-state index contributed by atoms with van der Waals surface area (Å²) in [6.07, 6.45) is 2.42. The molecular formula is C15H22F2N2. The first-order valence-corrected chi connectivity index (χ1v) is 6.94. The molecule has 0 spiro atoms. The van der Waals surface area contributed by atoms with Gasteiger partial charge in [0.05, 0.1) is 6.04 Å². The van der Waals surface area contributed by atoms with Gasteiger partial charge in [-0.2, -0.15) is 0 Å². The molecule has 1 aliphatic carbocycles. The van der Waals surface area contributed by atoms with Crippen molar-refractivity contribution in [2.75, 3.05) is 13.1 Å². The Morgan fingerprint density at radius 1 is 1.26 bits per heavy atom. The van der Waals surface area contributed by atoms with Crippen molar-refractivity contribution in [3.05, 3.63) is 35.4 Å². The second kappa shape index (κ2) is 5.97. The van der Waals surface area contributed by atoms with E-state index in [0.717, 1.165) is 6.54 Å². The maximum atomic E-state index is 13.9. The molecule has 19 heavy (non-hydrogen) atoms. The minimum absolute atomic E-state index is 0.111. The van der Waals surface area contributed by atoms with Gasteiger partial charge in [-0.15, -0.1) is 0 Å². The van der Waals surface area contributed by atoms with Crippen LogP contribution >= 0.6 is 0 Å². The van der Waals surface area contributed by atoms with Crippen LogP contribution in [0.4, 0.5) is 8.78 Å². The van der Waals surface area contributed by atoms with Crippen molar-refractivity contribution < 1.29 is 8.78 Å². The Hall–Kier alpha value is -1.00. The molecule has 0 amide bonds. The molecule has 4 heteroatoms. The first kappa shape index (κ1) is 14.4. The highest BCUT2D eigenvalue weighted by Gasteiger charge is 2.32. The summed E-state index contributed by atoms with van der Waals surface area (Å²) in [6, 6.07) is 3.82. The van der Waals surface area contributed by atoms with Crippen molar-refractivity contribution >= 4 is 0 Å². The van der Waals surface area contributed by atoms with Crippen molar-refractivity contribution in [2.24, 2.45) is 11.7 Å². The Labute approximate surface area is 113 Å². The van der Waals surface area contributed by atoms with Gasteiger partial charge < -0.3 is 5.73 Å². The quantitative estimate of drug-likeness (QED) is 0.859. The number of nitrogens with zero attached hydrogens (tertiary/aromatic N) is 1. The largest absolute Gasteiger partial charge is 0.329 e. The van der Waals surface area contributed by atoms with Gasteiger partial charge in [0, 0.05) is 24.7 Å². The number of benzene rings is 1. The summed E-state index contributed by atoms with van der Waals surface area (Å²) in [5.41, 5.74) is 5.91. The van der Waals surface area contributed by atoms with Gasteiger partial charge in [-0.1, -0.05) is 6.07 Å². The molecule has 0 radical (unpaired) electrons. The van der Waals surface area contributed by atoms with E-state index in [4.69, 9.17) is 5.73 Å². The molecular weight excluding hydrogens is 246 g/mol. The van der Waals surface area contributed by atoms with Crippen LogP contribution in [-0.2, 0) is 0 Å². The molecule has 1 atom stereocenters. The molecule has 0 heterocycles. The van der Waals surface area contributed by atoms with E-state index in [1.807, 2.05) is 13.8 Å². The van der Waals surface area contributed by atoms with Gasteiger partial charge in [0.25, 0.3) is 0 Å². The molecule has 0 aromatic heterocycles. The van der Waals surface area contributed by atoms with E-state index in [2.05, 4.69) is 4.90 Å². The summed E-state index contributed by atoms with van der Waals surface area (Å²) in [5.74, 6) is -0.347. The van der Waals surface area contributed by atoms with Crippen molar-refractivity contribution in [3.63, 3.8) is 0 Å². The van der Waals surface area contributed by atoms with E-state index < -0.39 is 11.6 Å². The van der Waals surface area contributed by atoms with Gasteiger partial charge in [-0.05, 0) is 44.7 Å². The van der Waals surface area contributed by atoms with E-state index in [9.17, 15) is 8.78 Å². The number of hydrogen-bond acceptors (Lipinski definition) is 2. The second-order valence-corrected chi connectivity index (χ2v) is 5.62. The van der Waals surface area contributed by atoms with Crippen molar-refractivity contribution in [1.82, 2.24) is 4.90 Å². The second-order valence-electron chi connectivity index (χ2n) is 5.62. The molecule has 0 aliphatic heterocycles. The third-order valence-corrected chi connectivity index (χ3v) is 3.79. The lowest BCUT2D eigenvalue weighted by Gasteiger charge is -2.35. The lowest BCUT2D eigenvalue weighted by atomic mass is 10.0. The molecule has 1 fully saturated rings. The molecule has 2 nitrogen and oxygen atoms in total. The predicted molar refractivity (Wildman–Crippen MR) is 72.7 cm³/mol. The Bertz CT molecular complexity index is 410. The maximum absolute atomic E-state index is 13.9. The summed E-state index contributed by atoms with van der Waals surface area (Å²) in [6.45, 7) is 5.18. The number of nitrogens with two attached hydrogens (primary N) is 1. The Morgan fingerprint density at radius 3 is 2.26 bits per heavy atom. The summed E-state index contributed by atoms with van der Waals surface area (Å²) in [4.78, 5) is 2.12. The highest BCUT2D eigenvalue weighted by Crippen LogP contribution is 2.34. The molecule has 0 saturated heterocycles. The lowest BCUT2D eigenvalue weighted by Crippen LogP contribution is -2.40. The zero-order valence-electron chi connectivity index (χ0n) is 11.6. The smallest absolute Gasteiger partial charge is 0.130 e. The molecule has 0 bridgehead atoms. The van der Waals surface area contributed by atoms with Crippen LogP contribution in [0.3, 0.4) is 0 Å². The van der Waals surface area contributed by atoms with Gasteiger partial charge in [0.15, 0.2) is 0 Å². The van der Waals surface area contributed by atoms with Gasteiger partial charge >= 0.3 is 0 Å². The van der Waals surface area contributed by atoms with Gasteiger partial charge in [-0.3, -0.25) is 4.90 Å². The third kappa shape index (κ3) is 3.31.